The molecule has 0 saturated carbocycles. The highest BCUT2D eigenvalue weighted by Crippen LogP contribution is 2.22. The Morgan fingerprint density at radius 1 is 1.11 bits per heavy atom. The summed E-state index contributed by atoms with van der Waals surface area (Å²) in [4.78, 5) is 12.1. The predicted octanol–water partition coefficient (Wildman–Crippen LogP) is 4.77. The number of halogens is 2. The summed E-state index contributed by atoms with van der Waals surface area (Å²) in [5.41, 5.74) is 3.11. The molecule has 0 bridgehead atoms. The highest BCUT2D eigenvalue weighted by Gasteiger charge is 2.09. The minimum atomic E-state index is 0.179. The fraction of sp³-hybridized carbons (Fsp3) is 0.188. The molecule has 19 heavy (non-hydrogen) atoms. The van der Waals surface area contributed by atoms with Gasteiger partial charge in [0, 0.05) is 22.3 Å². The van der Waals surface area contributed by atoms with E-state index in [1.807, 2.05) is 49.4 Å². The van der Waals surface area contributed by atoms with Gasteiger partial charge in [0.15, 0.2) is 0 Å². The molecule has 0 aliphatic carbocycles. The van der Waals surface area contributed by atoms with Gasteiger partial charge in [-0.05, 0) is 35.7 Å². The molecule has 0 saturated heterocycles. The lowest BCUT2D eigenvalue weighted by Gasteiger charge is -2.06. The van der Waals surface area contributed by atoms with Crippen LogP contribution in [0.3, 0.4) is 0 Å². The number of carbonyl (C=O) groups is 1. The quantitative estimate of drug-likeness (QED) is 0.785. The van der Waals surface area contributed by atoms with E-state index in [0.29, 0.717) is 17.9 Å². The molecule has 0 unspecified atom stereocenters. The monoisotopic (exact) mass is 336 g/mol. The summed E-state index contributed by atoms with van der Waals surface area (Å²) < 4.78 is 0.924. The smallest absolute Gasteiger partial charge is 0.141 e. The average Bonchev–Trinajstić information content (AvgIpc) is 2.36. The van der Waals surface area contributed by atoms with Gasteiger partial charge in [-0.2, -0.15) is 0 Å². The zero-order valence-electron chi connectivity index (χ0n) is 10.6. The lowest BCUT2D eigenvalue weighted by molar-refractivity contribution is -0.117. The maximum atomic E-state index is 12.1. The van der Waals surface area contributed by atoms with Crippen LogP contribution in [0, 0.1) is 6.92 Å². The Morgan fingerprint density at radius 2 is 1.79 bits per heavy atom. The molecule has 2 aromatic rings. The van der Waals surface area contributed by atoms with E-state index < -0.39 is 0 Å². The highest BCUT2D eigenvalue weighted by atomic mass is 79.9. The van der Waals surface area contributed by atoms with Crippen LogP contribution in [0.15, 0.2) is 46.9 Å². The molecule has 2 rings (SSSR count). The van der Waals surface area contributed by atoms with E-state index in [1.165, 1.54) is 0 Å². The highest BCUT2D eigenvalue weighted by molar-refractivity contribution is 9.10. The number of aryl methyl sites for hydroxylation is 1. The van der Waals surface area contributed by atoms with Gasteiger partial charge in [-0.25, -0.2) is 0 Å². The van der Waals surface area contributed by atoms with Crippen molar-refractivity contribution in [1.29, 1.82) is 0 Å². The molecule has 0 fully saturated rings. The normalized spacial score (nSPS) is 10.5. The molecule has 98 valence electrons. The second-order valence-electron chi connectivity index (χ2n) is 4.55. The third kappa shape index (κ3) is 3.92. The van der Waals surface area contributed by atoms with Gasteiger partial charge < -0.3 is 0 Å². The van der Waals surface area contributed by atoms with Crippen molar-refractivity contribution in [3.05, 3.63) is 68.7 Å². The minimum absolute atomic E-state index is 0.179. The Bertz CT molecular complexity index is 607. The van der Waals surface area contributed by atoms with Crippen LogP contribution in [0.2, 0.25) is 5.02 Å². The minimum Gasteiger partial charge on any atom is -0.299 e. The molecule has 0 radical (unpaired) electrons. The SMILES string of the molecule is Cc1ccccc1CC(=O)Cc1ccc(Br)cc1Cl. The van der Waals surface area contributed by atoms with Crippen molar-refractivity contribution in [3.63, 3.8) is 0 Å². The van der Waals surface area contributed by atoms with E-state index in [9.17, 15) is 4.79 Å². The largest absolute Gasteiger partial charge is 0.299 e. The Hall–Kier alpha value is -1.12. The van der Waals surface area contributed by atoms with Crippen molar-refractivity contribution in [2.75, 3.05) is 0 Å². The Labute approximate surface area is 126 Å². The summed E-state index contributed by atoms with van der Waals surface area (Å²) in [6, 6.07) is 13.6. The van der Waals surface area contributed by atoms with Gasteiger partial charge in [0.1, 0.15) is 5.78 Å². The summed E-state index contributed by atoms with van der Waals surface area (Å²) in [7, 11) is 0. The second-order valence-corrected chi connectivity index (χ2v) is 5.88. The lowest BCUT2D eigenvalue weighted by atomic mass is 9.99. The molecular formula is C16H14BrClO. The first-order valence-corrected chi connectivity index (χ1v) is 7.23. The first kappa shape index (κ1) is 14.3. The topological polar surface area (TPSA) is 17.1 Å². The Balaban J connectivity index is 2.08. The van der Waals surface area contributed by atoms with Crippen LogP contribution >= 0.6 is 27.5 Å². The van der Waals surface area contributed by atoms with Gasteiger partial charge in [0.05, 0.1) is 0 Å². The first-order valence-electron chi connectivity index (χ1n) is 6.06. The van der Waals surface area contributed by atoms with E-state index in [1.54, 1.807) is 0 Å². The first-order chi connectivity index (χ1) is 9.06. The number of carbonyl (C=O) groups excluding carboxylic acids is 1. The number of rotatable bonds is 4. The summed E-state index contributed by atoms with van der Waals surface area (Å²) in [6.07, 6.45) is 0.833. The predicted molar refractivity (Wildman–Crippen MR) is 82.7 cm³/mol. The van der Waals surface area contributed by atoms with Crippen LogP contribution < -0.4 is 0 Å². The maximum absolute atomic E-state index is 12.1. The van der Waals surface area contributed by atoms with Gasteiger partial charge in [0.2, 0.25) is 0 Å². The Kier molecular flexibility index (Phi) is 4.78. The summed E-state index contributed by atoms with van der Waals surface area (Å²) >= 11 is 9.48. The van der Waals surface area contributed by atoms with Gasteiger partial charge in [0.25, 0.3) is 0 Å². The maximum Gasteiger partial charge on any atom is 0.141 e. The van der Waals surface area contributed by atoms with E-state index in [0.717, 1.165) is 21.2 Å². The van der Waals surface area contributed by atoms with Crippen molar-refractivity contribution in [3.8, 4) is 0 Å². The van der Waals surface area contributed by atoms with E-state index in [2.05, 4.69) is 15.9 Å². The van der Waals surface area contributed by atoms with Crippen LogP contribution in [0.5, 0.6) is 0 Å². The summed E-state index contributed by atoms with van der Waals surface area (Å²) in [6.45, 7) is 2.02. The third-order valence-corrected chi connectivity index (χ3v) is 3.90. The second kappa shape index (κ2) is 6.36. The molecule has 0 N–H and O–H groups in total. The van der Waals surface area contributed by atoms with Crippen LogP contribution in [0.1, 0.15) is 16.7 Å². The molecule has 0 amide bonds. The van der Waals surface area contributed by atoms with E-state index >= 15 is 0 Å². The molecule has 0 atom stereocenters. The number of hydrogen-bond acceptors (Lipinski definition) is 1. The lowest BCUT2D eigenvalue weighted by Crippen LogP contribution is -2.08. The molecule has 0 aliphatic heterocycles. The van der Waals surface area contributed by atoms with Crippen molar-refractivity contribution < 1.29 is 4.79 Å². The molecule has 1 nitrogen and oxygen atoms in total. The number of hydrogen-bond donors (Lipinski definition) is 0. The molecule has 0 heterocycles. The fourth-order valence-corrected chi connectivity index (χ4v) is 2.70. The third-order valence-electron chi connectivity index (χ3n) is 3.05. The van der Waals surface area contributed by atoms with Crippen molar-refractivity contribution in [2.45, 2.75) is 19.8 Å². The molecule has 3 heteroatoms. The van der Waals surface area contributed by atoms with Crippen molar-refractivity contribution in [1.82, 2.24) is 0 Å². The van der Waals surface area contributed by atoms with Crippen LogP contribution in [0.4, 0.5) is 0 Å². The zero-order valence-corrected chi connectivity index (χ0v) is 13.0. The van der Waals surface area contributed by atoms with Crippen LogP contribution in [0.25, 0.3) is 0 Å². The average molecular weight is 338 g/mol. The molecule has 0 aromatic heterocycles. The summed E-state index contributed by atoms with van der Waals surface area (Å²) in [5.74, 6) is 0.179. The van der Waals surface area contributed by atoms with Crippen LogP contribution in [-0.4, -0.2) is 5.78 Å². The Morgan fingerprint density at radius 3 is 2.47 bits per heavy atom. The molecule has 0 aliphatic rings. The van der Waals surface area contributed by atoms with Gasteiger partial charge >= 0.3 is 0 Å². The summed E-state index contributed by atoms with van der Waals surface area (Å²) in [5, 5.41) is 0.632. The van der Waals surface area contributed by atoms with Crippen molar-refractivity contribution >= 4 is 33.3 Å². The van der Waals surface area contributed by atoms with Gasteiger partial charge in [-0.1, -0.05) is 57.9 Å². The number of Topliss-reactive ketones (excluding diaryl/α,β-unsaturated/α-hetero) is 1. The van der Waals surface area contributed by atoms with Gasteiger partial charge in [-0.15, -0.1) is 0 Å². The number of ketones is 1. The molecule has 2 aromatic carbocycles. The van der Waals surface area contributed by atoms with Gasteiger partial charge in [-0.3, -0.25) is 4.79 Å². The molecular weight excluding hydrogens is 324 g/mol. The molecule has 0 spiro atoms. The van der Waals surface area contributed by atoms with E-state index in [4.69, 9.17) is 11.6 Å². The fourth-order valence-electron chi connectivity index (χ4n) is 1.96. The van der Waals surface area contributed by atoms with Crippen molar-refractivity contribution in [2.24, 2.45) is 0 Å². The van der Waals surface area contributed by atoms with E-state index in [-0.39, 0.29) is 5.78 Å². The number of benzene rings is 2. The standard InChI is InChI=1S/C16H14BrClO/c1-11-4-2-3-5-12(11)8-15(19)9-13-6-7-14(17)10-16(13)18/h2-7,10H,8-9H2,1H3. The zero-order chi connectivity index (χ0) is 13.8. The van der Waals surface area contributed by atoms with Crippen LogP contribution in [-0.2, 0) is 17.6 Å².